The van der Waals surface area contributed by atoms with E-state index in [0.29, 0.717) is 16.0 Å². The second kappa shape index (κ2) is 5.89. The van der Waals surface area contributed by atoms with Crippen molar-refractivity contribution < 1.29 is 18.3 Å². The summed E-state index contributed by atoms with van der Waals surface area (Å²) in [6.45, 7) is 3.10. The minimum atomic E-state index is -0.879. The summed E-state index contributed by atoms with van der Waals surface area (Å²) in [6.07, 6.45) is -0.879. The first-order chi connectivity index (χ1) is 9.38. The molecule has 0 aliphatic carbocycles. The zero-order valence-corrected chi connectivity index (χ0v) is 11.8. The van der Waals surface area contributed by atoms with E-state index in [9.17, 15) is 18.3 Å². The lowest BCUT2D eigenvalue weighted by atomic mass is 10.1. The first-order valence-corrected chi connectivity index (χ1v) is 6.81. The predicted octanol–water partition coefficient (Wildman–Crippen LogP) is 4.62. The summed E-state index contributed by atoms with van der Waals surface area (Å²) in [7, 11) is 0. The summed E-state index contributed by atoms with van der Waals surface area (Å²) < 4.78 is 40.1. The number of hydrogen-bond donors (Lipinski definition) is 1. The molecule has 0 fully saturated rings. The average Bonchev–Trinajstić information content (AvgIpc) is 2.36. The van der Waals surface area contributed by atoms with Crippen LogP contribution in [0.5, 0.6) is 0 Å². The van der Waals surface area contributed by atoms with Gasteiger partial charge in [0, 0.05) is 15.9 Å². The molecule has 2 aromatic rings. The van der Waals surface area contributed by atoms with Crippen molar-refractivity contribution in [2.45, 2.75) is 29.7 Å². The zero-order chi connectivity index (χ0) is 14.9. The topological polar surface area (TPSA) is 20.2 Å². The number of aryl methyl sites for hydroxylation is 1. The number of benzene rings is 2. The third-order valence-corrected chi connectivity index (χ3v) is 3.98. The van der Waals surface area contributed by atoms with Crippen LogP contribution >= 0.6 is 11.8 Å². The fourth-order valence-electron chi connectivity index (χ4n) is 1.76. The number of aliphatic hydroxyl groups is 1. The van der Waals surface area contributed by atoms with Crippen LogP contribution in [0.1, 0.15) is 24.2 Å². The van der Waals surface area contributed by atoms with Crippen LogP contribution in [0.4, 0.5) is 13.2 Å². The summed E-state index contributed by atoms with van der Waals surface area (Å²) >= 11 is 1.03. The van der Waals surface area contributed by atoms with Crippen molar-refractivity contribution in [2.24, 2.45) is 0 Å². The van der Waals surface area contributed by atoms with Crippen molar-refractivity contribution in [3.63, 3.8) is 0 Å². The molecule has 0 spiro atoms. The quantitative estimate of drug-likeness (QED) is 0.892. The predicted molar refractivity (Wildman–Crippen MR) is 72.3 cm³/mol. The fourth-order valence-corrected chi connectivity index (χ4v) is 2.87. The molecular formula is C15H13F3OS. The Labute approximate surface area is 119 Å². The van der Waals surface area contributed by atoms with Gasteiger partial charge in [0.25, 0.3) is 0 Å². The highest BCUT2D eigenvalue weighted by Gasteiger charge is 2.15. The van der Waals surface area contributed by atoms with Gasteiger partial charge in [-0.1, -0.05) is 11.8 Å². The van der Waals surface area contributed by atoms with Crippen LogP contribution in [0.3, 0.4) is 0 Å². The number of hydrogen-bond acceptors (Lipinski definition) is 2. The van der Waals surface area contributed by atoms with Crippen molar-refractivity contribution in [3.8, 4) is 0 Å². The molecule has 0 saturated carbocycles. The van der Waals surface area contributed by atoms with E-state index in [2.05, 4.69) is 0 Å². The molecule has 1 N–H and O–H groups in total. The van der Waals surface area contributed by atoms with Crippen LogP contribution in [0, 0.1) is 24.4 Å². The number of aliphatic hydroxyl groups excluding tert-OH is 1. The van der Waals surface area contributed by atoms with Gasteiger partial charge in [0.05, 0.1) is 6.10 Å². The van der Waals surface area contributed by atoms with Crippen LogP contribution in [0.25, 0.3) is 0 Å². The summed E-state index contributed by atoms with van der Waals surface area (Å²) in [5, 5.41) is 9.68. The van der Waals surface area contributed by atoms with E-state index < -0.39 is 23.6 Å². The maximum atomic E-state index is 13.7. The van der Waals surface area contributed by atoms with Gasteiger partial charge >= 0.3 is 0 Å². The van der Waals surface area contributed by atoms with Crippen molar-refractivity contribution in [1.29, 1.82) is 0 Å². The summed E-state index contributed by atoms with van der Waals surface area (Å²) in [4.78, 5) is 0.767. The normalized spacial score (nSPS) is 12.5. The van der Waals surface area contributed by atoms with E-state index in [-0.39, 0.29) is 4.90 Å². The van der Waals surface area contributed by atoms with Crippen molar-refractivity contribution in [2.75, 3.05) is 0 Å². The Kier molecular flexibility index (Phi) is 4.40. The molecule has 0 radical (unpaired) electrons. The van der Waals surface area contributed by atoms with E-state index in [1.807, 2.05) is 0 Å². The van der Waals surface area contributed by atoms with Crippen LogP contribution in [0.15, 0.2) is 40.1 Å². The Morgan fingerprint density at radius 2 is 1.70 bits per heavy atom. The molecule has 1 nitrogen and oxygen atoms in total. The van der Waals surface area contributed by atoms with Crippen LogP contribution in [0.2, 0.25) is 0 Å². The molecule has 5 heteroatoms. The zero-order valence-electron chi connectivity index (χ0n) is 11.0. The van der Waals surface area contributed by atoms with Gasteiger partial charge in [-0.15, -0.1) is 0 Å². The largest absolute Gasteiger partial charge is 0.389 e. The molecule has 106 valence electrons. The highest BCUT2D eigenvalue weighted by molar-refractivity contribution is 7.99. The molecule has 0 amide bonds. The van der Waals surface area contributed by atoms with Gasteiger partial charge in [-0.3, -0.25) is 0 Å². The molecule has 0 aliphatic heterocycles. The summed E-state index contributed by atoms with van der Waals surface area (Å²) in [5.41, 5.74) is 0.779. The van der Waals surface area contributed by atoms with Gasteiger partial charge in [-0.05, 0) is 49.2 Å². The smallest absolute Gasteiger partial charge is 0.140 e. The van der Waals surface area contributed by atoms with Crippen LogP contribution in [-0.2, 0) is 0 Å². The molecule has 2 rings (SSSR count). The SMILES string of the molecule is Cc1cc(Sc2ccc(F)cc2F)c([C@@H](C)O)cc1F. The Balaban J connectivity index is 2.44. The Hall–Kier alpha value is -1.46. The summed E-state index contributed by atoms with van der Waals surface area (Å²) in [6, 6.07) is 6.05. The van der Waals surface area contributed by atoms with Gasteiger partial charge in [-0.25, -0.2) is 13.2 Å². The fraction of sp³-hybridized carbons (Fsp3) is 0.200. The molecule has 0 bridgehead atoms. The first kappa shape index (κ1) is 14.9. The second-order valence-electron chi connectivity index (χ2n) is 4.49. The Morgan fingerprint density at radius 1 is 1.00 bits per heavy atom. The van der Waals surface area contributed by atoms with E-state index in [1.165, 1.54) is 19.1 Å². The Morgan fingerprint density at radius 3 is 2.30 bits per heavy atom. The van der Waals surface area contributed by atoms with Crippen molar-refractivity contribution >= 4 is 11.8 Å². The third-order valence-electron chi connectivity index (χ3n) is 2.85. The van der Waals surface area contributed by atoms with Crippen LogP contribution < -0.4 is 0 Å². The minimum Gasteiger partial charge on any atom is -0.389 e. The molecule has 0 aromatic heterocycles. The standard InChI is InChI=1S/C15H13F3OS/c1-8-5-15(11(9(2)19)7-12(8)17)20-14-4-3-10(16)6-13(14)18/h3-7,9,19H,1-2H3/t9-/m1/s1. The first-order valence-electron chi connectivity index (χ1n) is 5.99. The summed E-state index contributed by atoms with van der Waals surface area (Å²) in [5.74, 6) is -1.77. The van der Waals surface area contributed by atoms with Crippen molar-refractivity contribution in [1.82, 2.24) is 0 Å². The molecule has 2 aromatic carbocycles. The lowest BCUT2D eigenvalue weighted by molar-refractivity contribution is 0.196. The second-order valence-corrected chi connectivity index (χ2v) is 5.58. The lowest BCUT2D eigenvalue weighted by Crippen LogP contribution is -1.98. The highest BCUT2D eigenvalue weighted by Crippen LogP contribution is 2.36. The van der Waals surface area contributed by atoms with Gasteiger partial charge < -0.3 is 5.11 Å². The molecule has 0 saturated heterocycles. The van der Waals surface area contributed by atoms with E-state index in [0.717, 1.165) is 23.9 Å². The van der Waals surface area contributed by atoms with Gasteiger partial charge in [0.1, 0.15) is 17.5 Å². The highest BCUT2D eigenvalue weighted by atomic mass is 32.2. The van der Waals surface area contributed by atoms with Gasteiger partial charge in [0.2, 0.25) is 0 Å². The lowest BCUT2D eigenvalue weighted by Gasteiger charge is -2.13. The molecule has 0 heterocycles. The third kappa shape index (κ3) is 3.16. The van der Waals surface area contributed by atoms with Crippen molar-refractivity contribution in [3.05, 3.63) is 58.9 Å². The van der Waals surface area contributed by atoms with E-state index in [1.54, 1.807) is 13.0 Å². The molecule has 0 unspecified atom stereocenters. The maximum absolute atomic E-state index is 13.7. The average molecular weight is 298 g/mol. The monoisotopic (exact) mass is 298 g/mol. The molecule has 0 aliphatic rings. The minimum absolute atomic E-state index is 0.222. The van der Waals surface area contributed by atoms with E-state index >= 15 is 0 Å². The Bertz CT molecular complexity index is 641. The number of rotatable bonds is 3. The van der Waals surface area contributed by atoms with Crippen LogP contribution in [-0.4, -0.2) is 5.11 Å². The maximum Gasteiger partial charge on any atom is 0.140 e. The van der Waals surface area contributed by atoms with E-state index in [4.69, 9.17) is 0 Å². The van der Waals surface area contributed by atoms with Gasteiger partial charge in [-0.2, -0.15) is 0 Å². The molecule has 1 atom stereocenters. The molecule has 20 heavy (non-hydrogen) atoms. The number of halogens is 3. The van der Waals surface area contributed by atoms with Gasteiger partial charge in [0.15, 0.2) is 0 Å². The molecular weight excluding hydrogens is 285 g/mol.